The van der Waals surface area contributed by atoms with E-state index in [0.29, 0.717) is 34.8 Å². The molecule has 1 aliphatic rings. The molecule has 1 aromatic carbocycles. The van der Waals surface area contributed by atoms with Crippen LogP contribution >= 0.6 is 23.8 Å². The highest BCUT2D eigenvalue weighted by Crippen LogP contribution is 2.38. The van der Waals surface area contributed by atoms with Gasteiger partial charge in [0.25, 0.3) is 5.91 Å². The third-order valence-electron chi connectivity index (χ3n) is 2.97. The molecule has 0 atom stereocenters. The molecule has 1 aromatic rings. The summed E-state index contributed by atoms with van der Waals surface area (Å²) in [6.07, 6.45) is 3.81. The van der Waals surface area contributed by atoms with Gasteiger partial charge < -0.3 is 14.8 Å². The number of rotatable bonds is 3. The summed E-state index contributed by atoms with van der Waals surface area (Å²) in [6, 6.07) is 3.69. The van der Waals surface area contributed by atoms with Crippen molar-refractivity contribution >= 4 is 40.9 Å². The van der Waals surface area contributed by atoms with Crippen molar-refractivity contribution in [3.63, 3.8) is 0 Å². The molecule has 0 bridgehead atoms. The van der Waals surface area contributed by atoms with Crippen LogP contribution in [0.5, 0.6) is 11.5 Å². The first-order chi connectivity index (χ1) is 11.5. The lowest BCUT2D eigenvalue weighted by Gasteiger charge is -2.12. The van der Waals surface area contributed by atoms with Gasteiger partial charge in [0.05, 0.1) is 18.2 Å². The topological polar surface area (TPSA) is 71.6 Å². The third kappa shape index (κ3) is 5.58. The van der Waals surface area contributed by atoms with E-state index in [9.17, 15) is 4.79 Å². The Labute approximate surface area is 151 Å². The van der Waals surface area contributed by atoms with E-state index in [2.05, 4.69) is 16.2 Å². The fraction of sp³-hybridized carbons (Fsp3) is 0.375. The van der Waals surface area contributed by atoms with Gasteiger partial charge in [-0.05, 0) is 49.8 Å². The molecule has 2 rings (SSSR count). The van der Waals surface area contributed by atoms with E-state index in [1.807, 2.05) is 13.8 Å². The van der Waals surface area contributed by atoms with Gasteiger partial charge in [0.2, 0.25) is 0 Å². The number of amides is 1. The average Bonchev–Trinajstić information content (AvgIpc) is 2.76. The summed E-state index contributed by atoms with van der Waals surface area (Å²) < 4.78 is 11.2. The molecule has 0 aromatic heterocycles. The largest absolute Gasteiger partial charge is 0.489 e. The molecule has 130 valence electrons. The first kappa shape index (κ1) is 18.4. The van der Waals surface area contributed by atoms with Gasteiger partial charge in [-0.15, -0.1) is 0 Å². The standard InChI is InChI=1S/C16H20ClN3O3S/c1-10(2)18-16(24)20-19-14(21)5-4-11-8-12(17)15-13(9-11)22-6-3-7-23-15/h4-5,8-10H,3,6-7H2,1-2H3,(H,19,21)(H2,18,20,24)/b5-4+. The summed E-state index contributed by atoms with van der Waals surface area (Å²) >= 11 is 11.2. The van der Waals surface area contributed by atoms with Gasteiger partial charge in [0, 0.05) is 18.5 Å². The first-order valence-corrected chi connectivity index (χ1v) is 8.38. The molecule has 0 saturated heterocycles. The molecule has 6 nitrogen and oxygen atoms in total. The third-order valence-corrected chi connectivity index (χ3v) is 3.47. The molecule has 1 amide bonds. The summed E-state index contributed by atoms with van der Waals surface area (Å²) in [4.78, 5) is 11.8. The number of carbonyl (C=O) groups excluding carboxylic acids is 1. The van der Waals surface area contributed by atoms with E-state index in [-0.39, 0.29) is 11.9 Å². The van der Waals surface area contributed by atoms with Crippen LogP contribution < -0.4 is 25.6 Å². The number of halogens is 1. The van der Waals surface area contributed by atoms with Crippen LogP contribution in [0.25, 0.3) is 6.08 Å². The summed E-state index contributed by atoms with van der Waals surface area (Å²) in [7, 11) is 0. The quantitative estimate of drug-likeness (QED) is 0.432. The Kier molecular flexibility index (Phi) is 6.69. The van der Waals surface area contributed by atoms with E-state index >= 15 is 0 Å². The number of hydrogen-bond donors (Lipinski definition) is 3. The highest BCUT2D eigenvalue weighted by atomic mass is 35.5. The Morgan fingerprint density at radius 1 is 1.29 bits per heavy atom. The smallest absolute Gasteiger partial charge is 0.262 e. The highest BCUT2D eigenvalue weighted by Gasteiger charge is 2.14. The normalized spacial score (nSPS) is 13.5. The lowest BCUT2D eigenvalue weighted by atomic mass is 10.2. The number of hydrazine groups is 1. The van der Waals surface area contributed by atoms with Crippen LogP contribution in [-0.2, 0) is 4.79 Å². The Balaban J connectivity index is 1.96. The van der Waals surface area contributed by atoms with Crippen LogP contribution in [0, 0.1) is 0 Å². The van der Waals surface area contributed by atoms with E-state index in [1.165, 1.54) is 6.08 Å². The van der Waals surface area contributed by atoms with Crippen molar-refractivity contribution in [2.45, 2.75) is 26.3 Å². The van der Waals surface area contributed by atoms with Crippen molar-refractivity contribution in [2.75, 3.05) is 13.2 Å². The van der Waals surface area contributed by atoms with Crippen LogP contribution in [-0.4, -0.2) is 30.3 Å². The molecule has 0 fully saturated rings. The summed E-state index contributed by atoms with van der Waals surface area (Å²) in [5.41, 5.74) is 5.83. The van der Waals surface area contributed by atoms with Crippen LogP contribution in [0.1, 0.15) is 25.8 Å². The van der Waals surface area contributed by atoms with Crippen LogP contribution in [0.3, 0.4) is 0 Å². The van der Waals surface area contributed by atoms with Gasteiger partial charge in [-0.3, -0.25) is 15.6 Å². The molecule has 0 radical (unpaired) electrons. The second kappa shape index (κ2) is 8.75. The van der Waals surface area contributed by atoms with Gasteiger partial charge in [0.15, 0.2) is 16.6 Å². The van der Waals surface area contributed by atoms with E-state index in [4.69, 9.17) is 33.3 Å². The maximum Gasteiger partial charge on any atom is 0.262 e. The zero-order chi connectivity index (χ0) is 17.5. The molecule has 8 heteroatoms. The number of fused-ring (bicyclic) bond motifs is 1. The van der Waals surface area contributed by atoms with Crippen molar-refractivity contribution in [1.29, 1.82) is 0 Å². The lowest BCUT2D eigenvalue weighted by molar-refractivity contribution is -0.116. The Hall–Kier alpha value is -1.99. The number of ether oxygens (including phenoxy) is 2. The van der Waals surface area contributed by atoms with Gasteiger partial charge in [0.1, 0.15) is 0 Å². The van der Waals surface area contributed by atoms with Crippen molar-refractivity contribution in [3.8, 4) is 11.5 Å². The summed E-state index contributed by atoms with van der Waals surface area (Å²) in [5, 5.41) is 3.76. The number of hydrogen-bond acceptors (Lipinski definition) is 4. The van der Waals surface area contributed by atoms with Crippen LogP contribution in [0.2, 0.25) is 5.02 Å². The lowest BCUT2D eigenvalue weighted by Crippen LogP contribution is -2.48. The van der Waals surface area contributed by atoms with Gasteiger partial charge in [-0.2, -0.15) is 0 Å². The number of thiocarbonyl (C=S) groups is 1. The molecule has 0 unspecified atom stereocenters. The first-order valence-electron chi connectivity index (χ1n) is 7.59. The second-order valence-corrected chi connectivity index (χ2v) is 6.27. The molecule has 0 aliphatic carbocycles. The molecule has 0 spiro atoms. The number of nitrogens with one attached hydrogen (secondary N) is 3. The van der Waals surface area contributed by atoms with E-state index < -0.39 is 0 Å². The van der Waals surface area contributed by atoms with Crippen molar-refractivity contribution < 1.29 is 14.3 Å². The Morgan fingerprint density at radius 2 is 2.04 bits per heavy atom. The monoisotopic (exact) mass is 369 g/mol. The van der Waals surface area contributed by atoms with E-state index in [0.717, 1.165) is 12.0 Å². The van der Waals surface area contributed by atoms with Crippen LogP contribution in [0.15, 0.2) is 18.2 Å². The van der Waals surface area contributed by atoms with Gasteiger partial charge >= 0.3 is 0 Å². The zero-order valence-corrected chi connectivity index (χ0v) is 15.1. The molecular formula is C16H20ClN3O3S. The van der Waals surface area contributed by atoms with Crippen molar-refractivity contribution in [2.24, 2.45) is 0 Å². The molecular weight excluding hydrogens is 350 g/mol. The predicted molar refractivity (Wildman–Crippen MR) is 98.2 cm³/mol. The molecule has 0 saturated carbocycles. The SMILES string of the molecule is CC(C)NC(=S)NNC(=O)/C=C/c1cc(Cl)c2c(c1)OCCCO2. The summed E-state index contributed by atoms with van der Waals surface area (Å²) in [6.45, 7) is 5.04. The minimum Gasteiger partial charge on any atom is -0.489 e. The van der Waals surface area contributed by atoms with Crippen molar-refractivity contribution in [3.05, 3.63) is 28.8 Å². The number of carbonyl (C=O) groups is 1. The average molecular weight is 370 g/mol. The van der Waals surface area contributed by atoms with Crippen molar-refractivity contribution in [1.82, 2.24) is 16.2 Å². The minimum atomic E-state index is -0.342. The van der Waals surface area contributed by atoms with Gasteiger partial charge in [-0.25, -0.2) is 0 Å². The number of benzene rings is 1. The minimum absolute atomic E-state index is 0.182. The maximum absolute atomic E-state index is 11.8. The molecule has 24 heavy (non-hydrogen) atoms. The molecule has 1 heterocycles. The zero-order valence-electron chi connectivity index (χ0n) is 13.5. The van der Waals surface area contributed by atoms with E-state index in [1.54, 1.807) is 18.2 Å². The van der Waals surface area contributed by atoms with Gasteiger partial charge in [-0.1, -0.05) is 11.6 Å². The highest BCUT2D eigenvalue weighted by molar-refractivity contribution is 7.80. The second-order valence-electron chi connectivity index (χ2n) is 5.46. The molecule has 1 aliphatic heterocycles. The Morgan fingerprint density at radius 3 is 2.79 bits per heavy atom. The summed E-state index contributed by atoms with van der Waals surface area (Å²) in [5.74, 6) is 0.786. The molecule has 3 N–H and O–H groups in total. The fourth-order valence-electron chi connectivity index (χ4n) is 1.98. The maximum atomic E-state index is 11.8. The predicted octanol–water partition coefficient (Wildman–Crippen LogP) is 2.42. The van der Waals surface area contributed by atoms with Crippen LogP contribution in [0.4, 0.5) is 0 Å². The fourth-order valence-corrected chi connectivity index (χ4v) is 2.54. The Bertz CT molecular complexity index is 650.